The normalized spacial score (nSPS) is 10.6. The number of hydrazone groups is 1. The zero-order valence-corrected chi connectivity index (χ0v) is 12.0. The van der Waals surface area contributed by atoms with Gasteiger partial charge in [-0.1, -0.05) is 18.2 Å². The van der Waals surface area contributed by atoms with Gasteiger partial charge in [0, 0.05) is 0 Å². The fourth-order valence-corrected chi connectivity index (χ4v) is 1.80. The molecule has 0 aliphatic heterocycles. The van der Waals surface area contributed by atoms with Gasteiger partial charge in [-0.2, -0.15) is 5.10 Å². The third-order valence-corrected chi connectivity index (χ3v) is 2.91. The minimum Gasteiger partial charge on any atom is -0.493 e. The van der Waals surface area contributed by atoms with Crippen molar-refractivity contribution < 1.29 is 13.9 Å². The molecule has 0 unspecified atom stereocenters. The minimum absolute atomic E-state index is 0.259. The first-order valence-corrected chi connectivity index (χ1v) is 6.45. The Balaban J connectivity index is 1.92. The Labute approximate surface area is 123 Å². The number of halogens is 1. The summed E-state index contributed by atoms with van der Waals surface area (Å²) >= 11 is 0. The van der Waals surface area contributed by atoms with Crippen LogP contribution in [0.4, 0.5) is 4.39 Å². The predicted octanol–water partition coefficient (Wildman–Crippen LogP) is 2.97. The quantitative estimate of drug-likeness (QED) is 0.656. The summed E-state index contributed by atoms with van der Waals surface area (Å²) in [7, 11) is 3.20. The molecular weight excluding hydrogens is 271 g/mol. The van der Waals surface area contributed by atoms with Crippen LogP contribution in [0.15, 0.2) is 47.6 Å². The van der Waals surface area contributed by atoms with E-state index < -0.39 is 0 Å². The van der Waals surface area contributed by atoms with Gasteiger partial charge in [0.2, 0.25) is 0 Å². The zero-order chi connectivity index (χ0) is 15.1. The van der Waals surface area contributed by atoms with E-state index >= 15 is 0 Å². The van der Waals surface area contributed by atoms with Crippen molar-refractivity contribution >= 4 is 6.21 Å². The second kappa shape index (κ2) is 7.28. The number of benzene rings is 2. The van der Waals surface area contributed by atoms with Gasteiger partial charge < -0.3 is 14.9 Å². The summed E-state index contributed by atoms with van der Waals surface area (Å²) in [5.74, 6) is 1.11. The van der Waals surface area contributed by atoms with Crippen molar-refractivity contribution in [2.45, 2.75) is 6.54 Å². The lowest BCUT2D eigenvalue weighted by Crippen LogP contribution is -2.06. The van der Waals surface area contributed by atoms with Gasteiger partial charge in [-0.25, -0.2) is 4.39 Å². The highest BCUT2D eigenvalue weighted by Gasteiger charge is 2.03. The van der Waals surface area contributed by atoms with Gasteiger partial charge in [0.15, 0.2) is 11.5 Å². The van der Waals surface area contributed by atoms with Crippen LogP contribution >= 0.6 is 0 Å². The standard InChI is InChI=1S/C16H17FN2O2/c1-20-15-8-5-13(9-16(15)21-2)11-19-18-10-12-3-6-14(17)7-4-12/h3-10,19H,11H2,1-2H3/b18-10+. The molecule has 0 aromatic heterocycles. The fourth-order valence-electron chi connectivity index (χ4n) is 1.80. The molecule has 0 saturated heterocycles. The summed E-state index contributed by atoms with van der Waals surface area (Å²) in [5.41, 5.74) is 4.78. The van der Waals surface area contributed by atoms with Crippen molar-refractivity contribution in [3.63, 3.8) is 0 Å². The van der Waals surface area contributed by atoms with E-state index in [9.17, 15) is 4.39 Å². The second-order valence-corrected chi connectivity index (χ2v) is 4.33. The summed E-state index contributed by atoms with van der Waals surface area (Å²) in [4.78, 5) is 0. The number of ether oxygens (including phenoxy) is 2. The summed E-state index contributed by atoms with van der Waals surface area (Å²) in [6, 6.07) is 11.8. The van der Waals surface area contributed by atoms with Gasteiger partial charge in [-0.05, 0) is 35.4 Å². The summed E-state index contributed by atoms with van der Waals surface area (Å²) in [6.07, 6.45) is 1.64. The van der Waals surface area contributed by atoms with Crippen molar-refractivity contribution in [1.29, 1.82) is 0 Å². The summed E-state index contributed by atoms with van der Waals surface area (Å²) in [5, 5.41) is 4.10. The SMILES string of the molecule is COc1ccc(CN/N=C/c2ccc(F)cc2)cc1OC. The molecular formula is C16H17FN2O2. The van der Waals surface area contributed by atoms with Gasteiger partial charge in [-0.15, -0.1) is 0 Å². The average Bonchev–Trinajstić information content (AvgIpc) is 2.53. The first kappa shape index (κ1) is 14.8. The molecule has 2 aromatic rings. The number of methoxy groups -OCH3 is 2. The van der Waals surface area contributed by atoms with Crippen LogP contribution in [0.1, 0.15) is 11.1 Å². The maximum Gasteiger partial charge on any atom is 0.161 e. The Morgan fingerprint density at radius 2 is 1.76 bits per heavy atom. The minimum atomic E-state index is -0.259. The maximum absolute atomic E-state index is 12.7. The molecule has 2 aromatic carbocycles. The third-order valence-electron chi connectivity index (χ3n) is 2.91. The van der Waals surface area contributed by atoms with Gasteiger partial charge in [0.25, 0.3) is 0 Å². The topological polar surface area (TPSA) is 42.8 Å². The van der Waals surface area contributed by atoms with Crippen LogP contribution in [-0.2, 0) is 6.54 Å². The molecule has 0 fully saturated rings. The molecule has 0 bridgehead atoms. The molecule has 4 nitrogen and oxygen atoms in total. The summed E-state index contributed by atoms with van der Waals surface area (Å²) < 4.78 is 23.2. The molecule has 5 heteroatoms. The van der Waals surface area contributed by atoms with Crippen molar-refractivity contribution in [3.8, 4) is 11.5 Å². The Hall–Kier alpha value is -2.56. The van der Waals surface area contributed by atoms with E-state index in [4.69, 9.17) is 9.47 Å². The van der Waals surface area contributed by atoms with Crippen LogP contribution in [-0.4, -0.2) is 20.4 Å². The van der Waals surface area contributed by atoms with Crippen LogP contribution in [0, 0.1) is 5.82 Å². The highest BCUT2D eigenvalue weighted by molar-refractivity contribution is 5.79. The monoisotopic (exact) mass is 288 g/mol. The van der Waals surface area contributed by atoms with Crippen LogP contribution in [0.5, 0.6) is 11.5 Å². The molecule has 0 saturated carbocycles. The van der Waals surface area contributed by atoms with Crippen LogP contribution in [0.25, 0.3) is 0 Å². The summed E-state index contributed by atoms with van der Waals surface area (Å²) in [6.45, 7) is 0.554. The highest BCUT2D eigenvalue weighted by Crippen LogP contribution is 2.27. The van der Waals surface area contributed by atoms with Gasteiger partial charge in [-0.3, -0.25) is 0 Å². The molecule has 0 amide bonds. The number of nitrogens with zero attached hydrogens (tertiary/aromatic N) is 1. The lowest BCUT2D eigenvalue weighted by molar-refractivity contribution is 0.354. The molecule has 0 aliphatic carbocycles. The Morgan fingerprint density at radius 1 is 1.05 bits per heavy atom. The van der Waals surface area contributed by atoms with E-state index in [0.29, 0.717) is 18.0 Å². The van der Waals surface area contributed by atoms with Gasteiger partial charge in [0.1, 0.15) is 5.82 Å². The van der Waals surface area contributed by atoms with E-state index in [-0.39, 0.29) is 5.82 Å². The third kappa shape index (κ3) is 4.21. The van der Waals surface area contributed by atoms with Crippen LogP contribution < -0.4 is 14.9 Å². The molecule has 21 heavy (non-hydrogen) atoms. The van der Waals surface area contributed by atoms with E-state index in [1.165, 1.54) is 12.1 Å². The van der Waals surface area contributed by atoms with Crippen molar-refractivity contribution in [2.75, 3.05) is 14.2 Å². The smallest absolute Gasteiger partial charge is 0.161 e. The first-order valence-electron chi connectivity index (χ1n) is 6.45. The average molecular weight is 288 g/mol. The van der Waals surface area contributed by atoms with Gasteiger partial charge >= 0.3 is 0 Å². The van der Waals surface area contributed by atoms with E-state index in [2.05, 4.69) is 10.5 Å². The number of rotatable bonds is 6. The molecule has 0 heterocycles. The molecule has 0 aliphatic rings. The Morgan fingerprint density at radius 3 is 2.43 bits per heavy atom. The van der Waals surface area contributed by atoms with E-state index in [0.717, 1.165) is 11.1 Å². The van der Waals surface area contributed by atoms with Gasteiger partial charge in [0.05, 0.1) is 27.0 Å². The molecule has 110 valence electrons. The molecule has 1 N–H and O–H groups in total. The molecule has 2 rings (SSSR count). The molecule has 0 radical (unpaired) electrons. The highest BCUT2D eigenvalue weighted by atomic mass is 19.1. The maximum atomic E-state index is 12.7. The van der Waals surface area contributed by atoms with E-state index in [1.807, 2.05) is 18.2 Å². The van der Waals surface area contributed by atoms with Crippen molar-refractivity contribution in [2.24, 2.45) is 5.10 Å². The molecule has 0 spiro atoms. The molecule has 0 atom stereocenters. The second-order valence-electron chi connectivity index (χ2n) is 4.33. The zero-order valence-electron chi connectivity index (χ0n) is 12.0. The van der Waals surface area contributed by atoms with Crippen molar-refractivity contribution in [3.05, 3.63) is 59.4 Å². The number of hydrogen-bond donors (Lipinski definition) is 1. The van der Waals surface area contributed by atoms with Crippen LogP contribution in [0.2, 0.25) is 0 Å². The van der Waals surface area contributed by atoms with Crippen molar-refractivity contribution in [1.82, 2.24) is 5.43 Å². The fraction of sp³-hybridized carbons (Fsp3) is 0.188. The van der Waals surface area contributed by atoms with E-state index in [1.54, 1.807) is 32.6 Å². The van der Waals surface area contributed by atoms with Crippen LogP contribution in [0.3, 0.4) is 0 Å². The lowest BCUT2D eigenvalue weighted by atomic mass is 10.2. The first-order chi connectivity index (χ1) is 10.2. The predicted molar refractivity (Wildman–Crippen MR) is 80.4 cm³/mol. The lowest BCUT2D eigenvalue weighted by Gasteiger charge is -2.09. The number of nitrogens with one attached hydrogen (secondary N) is 1. The Bertz CT molecular complexity index is 612. The number of hydrogen-bond acceptors (Lipinski definition) is 4. The Kier molecular flexibility index (Phi) is 5.15. The largest absolute Gasteiger partial charge is 0.493 e.